The normalized spacial score (nSPS) is 16.1. The summed E-state index contributed by atoms with van der Waals surface area (Å²) in [5.41, 5.74) is 7.52. The number of benzene rings is 1. The summed E-state index contributed by atoms with van der Waals surface area (Å²) >= 11 is 1.21. The molecule has 1 aliphatic heterocycles. The Hall–Kier alpha value is -3.33. The molecule has 0 spiro atoms. The van der Waals surface area contributed by atoms with E-state index in [-0.39, 0.29) is 5.69 Å². The minimum atomic E-state index is -1.09. The molecule has 0 fully saturated rings. The number of furan rings is 1. The zero-order valence-electron chi connectivity index (χ0n) is 13.6. The van der Waals surface area contributed by atoms with E-state index in [1.54, 1.807) is 18.1 Å². The number of hydrogen-bond donors (Lipinski definition) is 2. The van der Waals surface area contributed by atoms with Crippen LogP contribution in [0.4, 0.5) is 5.69 Å². The number of ether oxygens (including phenoxy) is 1. The first kappa shape index (κ1) is 16.2. The van der Waals surface area contributed by atoms with Crippen molar-refractivity contribution >= 4 is 28.8 Å². The number of nitrogens with zero attached hydrogens (tertiary/aromatic N) is 3. The number of nitrogens with two attached hydrogens (primary N) is 1. The lowest BCUT2D eigenvalue weighted by molar-refractivity contribution is 0.0691. The Kier molecular flexibility index (Phi) is 3.85. The molecular formula is C17H14N4O4S. The molecule has 26 heavy (non-hydrogen) atoms. The third kappa shape index (κ3) is 2.58. The van der Waals surface area contributed by atoms with Gasteiger partial charge in [-0.25, -0.2) is 14.8 Å². The van der Waals surface area contributed by atoms with Gasteiger partial charge in [-0.05, 0) is 30.3 Å². The molecule has 0 saturated heterocycles. The lowest BCUT2D eigenvalue weighted by Crippen LogP contribution is -2.43. The minimum Gasteiger partial charge on any atom is -0.497 e. The number of carboxylic acid groups (broad SMARTS) is 1. The predicted octanol–water partition coefficient (Wildman–Crippen LogP) is 1.31. The molecular weight excluding hydrogens is 356 g/mol. The molecule has 3 N–H and O–H groups in total. The van der Waals surface area contributed by atoms with Gasteiger partial charge in [-0.15, -0.1) is 11.3 Å². The first-order valence-corrected chi connectivity index (χ1v) is 8.49. The van der Waals surface area contributed by atoms with Crippen molar-refractivity contribution in [2.24, 2.45) is 10.7 Å². The van der Waals surface area contributed by atoms with Crippen LogP contribution in [0.25, 0.3) is 5.82 Å². The topological polar surface area (TPSA) is 114 Å². The van der Waals surface area contributed by atoms with Gasteiger partial charge in [0.15, 0.2) is 11.9 Å². The average Bonchev–Trinajstić information content (AvgIpc) is 3.31. The maximum atomic E-state index is 11.2. The van der Waals surface area contributed by atoms with Crippen molar-refractivity contribution in [1.29, 1.82) is 0 Å². The summed E-state index contributed by atoms with van der Waals surface area (Å²) in [6, 6.07) is 9.08. The molecule has 3 aromatic rings. The number of thiazole rings is 1. The molecule has 8 nitrogen and oxygen atoms in total. The van der Waals surface area contributed by atoms with Gasteiger partial charge in [0.05, 0.1) is 18.6 Å². The van der Waals surface area contributed by atoms with E-state index in [4.69, 9.17) is 20.0 Å². The van der Waals surface area contributed by atoms with Crippen molar-refractivity contribution in [2.45, 2.75) is 6.17 Å². The van der Waals surface area contributed by atoms with Crippen molar-refractivity contribution in [2.75, 3.05) is 12.0 Å². The quantitative estimate of drug-likeness (QED) is 0.711. The number of carboxylic acids is 1. The van der Waals surface area contributed by atoms with Crippen LogP contribution in [0, 0.1) is 0 Å². The average molecular weight is 370 g/mol. The number of aromatic nitrogens is 1. The SMILES string of the molecule is COc1ccc(N2C(N)=c3ccoc3=NC2c2nc(C(=O)O)cs2)cc1. The summed E-state index contributed by atoms with van der Waals surface area (Å²) in [4.78, 5) is 21.7. The summed E-state index contributed by atoms with van der Waals surface area (Å²) in [7, 11) is 1.59. The first-order valence-electron chi connectivity index (χ1n) is 7.61. The Labute approximate surface area is 151 Å². The monoisotopic (exact) mass is 370 g/mol. The Morgan fingerprint density at radius 1 is 1.35 bits per heavy atom. The third-order valence-electron chi connectivity index (χ3n) is 3.98. The highest BCUT2D eigenvalue weighted by molar-refractivity contribution is 7.10. The predicted molar refractivity (Wildman–Crippen MR) is 94.4 cm³/mol. The van der Waals surface area contributed by atoms with Gasteiger partial charge in [-0.1, -0.05) is 0 Å². The van der Waals surface area contributed by atoms with Crippen LogP contribution in [-0.2, 0) is 0 Å². The number of rotatable bonds is 4. The lowest BCUT2D eigenvalue weighted by Gasteiger charge is -2.31. The van der Waals surface area contributed by atoms with E-state index < -0.39 is 12.1 Å². The number of fused-ring (bicyclic) bond motifs is 1. The van der Waals surface area contributed by atoms with Crippen molar-refractivity contribution in [1.82, 2.24) is 4.98 Å². The second kappa shape index (κ2) is 6.19. The van der Waals surface area contributed by atoms with E-state index in [0.717, 1.165) is 5.69 Å². The van der Waals surface area contributed by atoms with Crippen molar-refractivity contribution in [3.8, 4) is 5.75 Å². The standard InChI is InChI=1S/C17H14N4O4S/c1-24-10-4-2-9(3-5-10)21-13(18)11-6-7-25-15(11)20-14(21)16-19-12(8-26-16)17(22)23/h2-8,14H,18H2,1H3,(H,22,23). The van der Waals surface area contributed by atoms with Crippen LogP contribution in [-0.4, -0.2) is 23.2 Å². The molecule has 1 aliphatic rings. The molecule has 1 aromatic carbocycles. The Bertz CT molecular complexity index is 1090. The second-order valence-corrected chi connectivity index (χ2v) is 6.36. The van der Waals surface area contributed by atoms with Crippen molar-refractivity contribution in [3.05, 3.63) is 63.4 Å². The zero-order valence-corrected chi connectivity index (χ0v) is 14.4. The third-order valence-corrected chi connectivity index (χ3v) is 4.86. The molecule has 0 bridgehead atoms. The molecule has 3 heterocycles. The summed E-state index contributed by atoms with van der Waals surface area (Å²) < 4.78 is 10.6. The van der Waals surface area contributed by atoms with Gasteiger partial charge in [0.2, 0.25) is 5.55 Å². The molecule has 1 unspecified atom stereocenters. The van der Waals surface area contributed by atoms with E-state index >= 15 is 0 Å². The summed E-state index contributed by atoms with van der Waals surface area (Å²) in [6.07, 6.45) is 0.889. The van der Waals surface area contributed by atoms with Gasteiger partial charge < -0.3 is 20.0 Å². The summed E-state index contributed by atoms with van der Waals surface area (Å²) in [6.45, 7) is 0. The Morgan fingerprint density at radius 2 is 2.12 bits per heavy atom. The minimum absolute atomic E-state index is 0.0290. The van der Waals surface area contributed by atoms with Crippen LogP contribution in [0.1, 0.15) is 21.7 Å². The van der Waals surface area contributed by atoms with Gasteiger partial charge >= 0.3 is 5.97 Å². The highest BCUT2D eigenvalue weighted by atomic mass is 32.1. The maximum absolute atomic E-state index is 11.2. The molecule has 0 saturated carbocycles. The second-order valence-electron chi connectivity index (χ2n) is 5.47. The first-order chi connectivity index (χ1) is 12.6. The molecule has 0 radical (unpaired) electrons. The smallest absolute Gasteiger partial charge is 0.355 e. The number of hydrogen-bond acceptors (Lipinski definition) is 8. The van der Waals surface area contributed by atoms with Crippen molar-refractivity contribution < 1.29 is 19.1 Å². The van der Waals surface area contributed by atoms with Crippen LogP contribution in [0.15, 0.2) is 51.4 Å². The molecule has 2 aromatic heterocycles. The fourth-order valence-corrected chi connectivity index (χ4v) is 3.54. The summed E-state index contributed by atoms with van der Waals surface area (Å²) in [5.74, 6) is 0.0742. The number of anilines is 1. The largest absolute Gasteiger partial charge is 0.497 e. The van der Waals surface area contributed by atoms with E-state index in [1.165, 1.54) is 23.0 Å². The van der Waals surface area contributed by atoms with Crippen LogP contribution in [0.2, 0.25) is 0 Å². The van der Waals surface area contributed by atoms with Crippen molar-refractivity contribution in [3.63, 3.8) is 0 Å². The number of aromatic carboxylic acids is 1. The molecule has 9 heteroatoms. The lowest BCUT2D eigenvalue weighted by atomic mass is 10.2. The van der Waals surface area contributed by atoms with Crippen LogP contribution >= 0.6 is 11.3 Å². The number of carbonyl (C=O) groups is 1. The fourth-order valence-electron chi connectivity index (χ4n) is 2.72. The van der Waals surface area contributed by atoms with Gasteiger partial charge in [0.25, 0.3) is 0 Å². The maximum Gasteiger partial charge on any atom is 0.355 e. The van der Waals surface area contributed by atoms with Crippen LogP contribution in [0.5, 0.6) is 5.75 Å². The molecule has 132 valence electrons. The van der Waals surface area contributed by atoms with Gasteiger partial charge in [-0.3, -0.25) is 4.90 Å². The summed E-state index contributed by atoms with van der Waals surface area (Å²) in [5, 5.41) is 11.8. The van der Waals surface area contributed by atoms with E-state index in [9.17, 15) is 4.79 Å². The fraction of sp³-hybridized carbons (Fsp3) is 0.118. The molecule has 0 amide bonds. The van der Waals surface area contributed by atoms with Crippen LogP contribution in [0.3, 0.4) is 0 Å². The van der Waals surface area contributed by atoms with Gasteiger partial charge in [-0.2, -0.15) is 0 Å². The van der Waals surface area contributed by atoms with Gasteiger partial charge in [0, 0.05) is 11.1 Å². The number of methoxy groups -OCH3 is 1. The zero-order chi connectivity index (χ0) is 18.3. The van der Waals surface area contributed by atoms with E-state index in [0.29, 0.717) is 27.4 Å². The van der Waals surface area contributed by atoms with E-state index in [1.807, 2.05) is 24.3 Å². The van der Waals surface area contributed by atoms with Crippen LogP contribution < -0.4 is 26.1 Å². The highest BCUT2D eigenvalue weighted by Crippen LogP contribution is 2.34. The molecule has 4 rings (SSSR count). The Morgan fingerprint density at radius 3 is 2.77 bits per heavy atom. The van der Waals surface area contributed by atoms with Gasteiger partial charge in [0.1, 0.15) is 16.6 Å². The van der Waals surface area contributed by atoms with E-state index in [2.05, 4.69) is 9.98 Å². The molecule has 1 atom stereocenters. The highest BCUT2D eigenvalue weighted by Gasteiger charge is 2.30. The molecule has 0 aliphatic carbocycles. The Balaban J connectivity index is 1.87.